The van der Waals surface area contributed by atoms with Gasteiger partial charge in [0, 0.05) is 74.1 Å². The molecule has 2 saturated heterocycles. The third-order valence-electron chi connectivity index (χ3n) is 9.14. The van der Waals surface area contributed by atoms with Crippen LogP contribution in [0.25, 0.3) is 11.5 Å². The van der Waals surface area contributed by atoms with E-state index in [4.69, 9.17) is 14.1 Å². The van der Waals surface area contributed by atoms with E-state index in [1.165, 1.54) is 43.4 Å². The summed E-state index contributed by atoms with van der Waals surface area (Å²) in [5.41, 5.74) is 4.72. The molecule has 0 spiro atoms. The third kappa shape index (κ3) is 7.67. The van der Waals surface area contributed by atoms with E-state index in [2.05, 4.69) is 77.3 Å². The molecular formula is C34H44BrN8O3P. The van der Waals surface area contributed by atoms with Gasteiger partial charge >= 0.3 is 0 Å². The van der Waals surface area contributed by atoms with Crippen molar-refractivity contribution >= 4 is 57.2 Å². The van der Waals surface area contributed by atoms with Crippen molar-refractivity contribution < 1.29 is 13.7 Å². The van der Waals surface area contributed by atoms with Gasteiger partial charge in [0.25, 0.3) is 0 Å². The van der Waals surface area contributed by atoms with Crippen LogP contribution in [0.2, 0.25) is 0 Å². The lowest BCUT2D eigenvalue weighted by Crippen LogP contribution is -2.52. The normalized spacial score (nSPS) is 16.8. The van der Waals surface area contributed by atoms with Gasteiger partial charge in [-0.25, -0.2) is 9.97 Å². The van der Waals surface area contributed by atoms with Crippen molar-refractivity contribution in [2.24, 2.45) is 0 Å². The molecule has 47 heavy (non-hydrogen) atoms. The summed E-state index contributed by atoms with van der Waals surface area (Å²) in [7, 11) is 1.23. The SMILES string of the molecule is CCc1cc(Nc2ncc(Br)c(Nc3ccc(-c4ncco4)cc3P(C)(C)=O)n2)c(OC)cc1N1CCC(N2CCN(C)CC2)CC1. The summed E-state index contributed by atoms with van der Waals surface area (Å²) < 4.78 is 25.4. The summed E-state index contributed by atoms with van der Waals surface area (Å²) in [5.74, 6) is 2.16. The minimum Gasteiger partial charge on any atom is -0.494 e. The topological polar surface area (TPSA) is 112 Å². The first kappa shape index (κ1) is 33.5. The molecule has 0 atom stereocenters. The monoisotopic (exact) mass is 722 g/mol. The summed E-state index contributed by atoms with van der Waals surface area (Å²) in [4.78, 5) is 21.2. The van der Waals surface area contributed by atoms with E-state index in [9.17, 15) is 4.57 Å². The molecule has 13 heteroatoms. The Morgan fingerprint density at radius 1 is 1.02 bits per heavy atom. The zero-order valence-corrected chi connectivity index (χ0v) is 30.3. The number of methoxy groups -OCH3 is 1. The zero-order valence-electron chi connectivity index (χ0n) is 27.8. The van der Waals surface area contributed by atoms with Crippen molar-refractivity contribution in [1.82, 2.24) is 24.8 Å². The average molecular weight is 724 g/mol. The number of nitrogens with one attached hydrogen (secondary N) is 2. The maximum Gasteiger partial charge on any atom is 0.229 e. The second-order valence-electron chi connectivity index (χ2n) is 12.7. The Morgan fingerprint density at radius 2 is 1.79 bits per heavy atom. The van der Waals surface area contributed by atoms with Crippen LogP contribution in [0.15, 0.2) is 57.9 Å². The molecule has 250 valence electrons. The molecule has 0 amide bonds. The zero-order chi connectivity index (χ0) is 33.1. The van der Waals surface area contributed by atoms with Crippen LogP contribution in [0.4, 0.5) is 28.8 Å². The number of halogens is 1. The lowest BCUT2D eigenvalue weighted by Gasteiger charge is -2.43. The number of rotatable bonds is 10. The Balaban J connectivity index is 1.21. The Labute approximate surface area is 285 Å². The van der Waals surface area contributed by atoms with Crippen LogP contribution in [0.3, 0.4) is 0 Å². The standard InChI is InChI=1S/C34H44BrN8O3P/c1-6-23-19-28(30(45-3)21-29(23)43-12-9-25(10-13-43)42-16-14-41(2)15-17-42)39-34-37-22-26(35)32(40-34)38-27-8-7-24(33-36-11-18-46-33)20-31(27)47(4,5)44/h7-8,11,18-22,25H,6,9-10,12-17H2,1-5H3,(H2,37,38,39,40). The number of benzene rings is 2. The molecule has 2 aliphatic rings. The van der Waals surface area contributed by atoms with Crippen LogP contribution in [0.5, 0.6) is 5.75 Å². The van der Waals surface area contributed by atoms with E-state index in [0.717, 1.165) is 49.6 Å². The van der Waals surface area contributed by atoms with Crippen LogP contribution in [-0.2, 0) is 11.0 Å². The first-order valence-corrected chi connectivity index (χ1v) is 19.6. The summed E-state index contributed by atoms with van der Waals surface area (Å²) >= 11 is 3.59. The molecule has 0 radical (unpaired) electrons. The Morgan fingerprint density at radius 3 is 2.45 bits per heavy atom. The smallest absolute Gasteiger partial charge is 0.229 e. The molecule has 0 aliphatic carbocycles. The summed E-state index contributed by atoms with van der Waals surface area (Å²) in [6.45, 7) is 12.4. The van der Waals surface area contributed by atoms with Crippen molar-refractivity contribution in [1.29, 1.82) is 0 Å². The fraction of sp³-hybridized carbons (Fsp3) is 0.441. The summed E-state index contributed by atoms with van der Waals surface area (Å²) in [6, 6.07) is 10.6. The van der Waals surface area contributed by atoms with E-state index >= 15 is 0 Å². The molecule has 2 fully saturated rings. The minimum absolute atomic E-state index is 0.408. The van der Waals surface area contributed by atoms with Gasteiger partial charge in [0.2, 0.25) is 11.8 Å². The molecule has 2 aliphatic heterocycles. The van der Waals surface area contributed by atoms with E-state index in [0.29, 0.717) is 39.2 Å². The Bertz CT molecular complexity index is 1730. The predicted octanol–water partition coefficient (Wildman–Crippen LogP) is 6.42. The van der Waals surface area contributed by atoms with Crippen molar-refractivity contribution in [2.45, 2.75) is 32.2 Å². The Hall–Kier alpha value is -3.44. The average Bonchev–Trinajstić information content (AvgIpc) is 3.61. The van der Waals surface area contributed by atoms with E-state index in [1.54, 1.807) is 32.8 Å². The van der Waals surface area contributed by atoms with E-state index in [1.807, 2.05) is 18.2 Å². The van der Waals surface area contributed by atoms with Crippen LogP contribution in [0, 0.1) is 0 Å². The number of likely N-dealkylation sites (N-methyl/N-ethyl adjacent to an activating group) is 1. The van der Waals surface area contributed by atoms with Gasteiger partial charge in [0.1, 0.15) is 25.0 Å². The van der Waals surface area contributed by atoms with Gasteiger partial charge in [-0.05, 0) is 85.4 Å². The van der Waals surface area contributed by atoms with Crippen molar-refractivity contribution in [2.75, 3.05) is 82.3 Å². The molecule has 0 bridgehead atoms. The maximum absolute atomic E-state index is 13.3. The number of oxazole rings is 1. The van der Waals surface area contributed by atoms with E-state index in [-0.39, 0.29) is 0 Å². The second-order valence-corrected chi connectivity index (χ2v) is 16.7. The molecule has 0 unspecified atom stereocenters. The van der Waals surface area contributed by atoms with Gasteiger partial charge in [0.15, 0.2) is 0 Å². The number of hydrogen-bond acceptors (Lipinski definition) is 11. The van der Waals surface area contributed by atoms with Gasteiger partial charge in [-0.2, -0.15) is 4.98 Å². The maximum atomic E-state index is 13.3. The number of anilines is 5. The molecule has 11 nitrogen and oxygen atoms in total. The fourth-order valence-corrected chi connectivity index (χ4v) is 7.91. The number of nitrogens with zero attached hydrogens (tertiary/aromatic N) is 6. The largest absolute Gasteiger partial charge is 0.494 e. The van der Waals surface area contributed by atoms with E-state index < -0.39 is 7.14 Å². The number of hydrogen-bond donors (Lipinski definition) is 2. The van der Waals surface area contributed by atoms with Gasteiger partial charge < -0.3 is 34.2 Å². The number of aromatic nitrogens is 3. The first-order chi connectivity index (χ1) is 22.6. The second kappa shape index (κ2) is 14.4. The molecule has 0 saturated carbocycles. The lowest BCUT2D eigenvalue weighted by atomic mass is 9.99. The van der Waals surface area contributed by atoms with Gasteiger partial charge in [-0.1, -0.05) is 6.92 Å². The first-order valence-electron chi connectivity index (χ1n) is 16.2. The highest BCUT2D eigenvalue weighted by molar-refractivity contribution is 9.10. The van der Waals surface area contributed by atoms with Crippen LogP contribution in [-0.4, -0.2) is 97.5 Å². The Kier molecular flexibility index (Phi) is 10.2. The molecule has 2 aromatic heterocycles. The molecule has 4 heterocycles. The predicted molar refractivity (Wildman–Crippen MR) is 194 cm³/mol. The number of piperidine rings is 1. The highest BCUT2D eigenvalue weighted by Gasteiger charge is 2.28. The fourth-order valence-electron chi connectivity index (χ4n) is 6.46. The van der Waals surface area contributed by atoms with Crippen molar-refractivity contribution in [3.63, 3.8) is 0 Å². The van der Waals surface area contributed by atoms with Crippen LogP contribution in [0.1, 0.15) is 25.3 Å². The van der Waals surface area contributed by atoms with Gasteiger partial charge in [-0.3, -0.25) is 4.90 Å². The molecular weight excluding hydrogens is 679 g/mol. The molecule has 2 N–H and O–H groups in total. The lowest BCUT2D eigenvalue weighted by molar-refractivity contribution is 0.0982. The van der Waals surface area contributed by atoms with Gasteiger partial charge in [-0.15, -0.1) is 0 Å². The number of piperazine rings is 1. The molecule has 6 rings (SSSR count). The summed E-state index contributed by atoms with van der Waals surface area (Å²) in [6.07, 6.45) is 8.05. The van der Waals surface area contributed by atoms with Crippen molar-refractivity contribution in [3.05, 3.63) is 59.0 Å². The molecule has 4 aromatic rings. The minimum atomic E-state index is -2.68. The quantitative estimate of drug-likeness (QED) is 0.177. The third-order valence-corrected chi connectivity index (χ3v) is 11.3. The number of ether oxygens (including phenoxy) is 1. The summed E-state index contributed by atoms with van der Waals surface area (Å²) in [5, 5.41) is 7.44. The van der Waals surface area contributed by atoms with Crippen LogP contribution < -0.4 is 25.6 Å². The highest BCUT2D eigenvalue weighted by Crippen LogP contribution is 2.41. The van der Waals surface area contributed by atoms with Gasteiger partial charge in [0.05, 0.1) is 29.2 Å². The van der Waals surface area contributed by atoms with Crippen LogP contribution >= 0.6 is 23.1 Å². The van der Waals surface area contributed by atoms with Crippen molar-refractivity contribution in [3.8, 4) is 17.2 Å². The highest BCUT2D eigenvalue weighted by atomic mass is 79.9. The molecule has 2 aromatic carbocycles. The number of aryl methyl sites for hydroxylation is 1.